The number of ketones is 1. The summed E-state index contributed by atoms with van der Waals surface area (Å²) in [6.45, 7) is 3.44. The smallest absolute Gasteiger partial charge is 0.339 e. The molecule has 0 saturated carbocycles. The second kappa shape index (κ2) is 8.97. The molecular weight excluding hydrogens is 366 g/mol. The van der Waals surface area contributed by atoms with Gasteiger partial charge in [-0.05, 0) is 32.0 Å². The first-order valence-electron chi connectivity index (χ1n) is 9.23. The fraction of sp³-hybridized carbons (Fsp3) is 0.125. The number of amides is 1. The lowest BCUT2D eigenvalue weighted by Gasteiger charge is -2.15. The van der Waals surface area contributed by atoms with Gasteiger partial charge < -0.3 is 10.1 Å². The number of carbonyl (C=O) groups excluding carboxylic acids is 3. The van der Waals surface area contributed by atoms with E-state index in [-0.39, 0.29) is 16.9 Å². The van der Waals surface area contributed by atoms with E-state index < -0.39 is 18.0 Å². The maximum absolute atomic E-state index is 12.8. The van der Waals surface area contributed by atoms with Crippen LogP contribution in [0.1, 0.15) is 38.8 Å². The van der Waals surface area contributed by atoms with Crippen LogP contribution in [0.2, 0.25) is 0 Å². The number of hydrogen-bond acceptors (Lipinski definition) is 4. The van der Waals surface area contributed by atoms with Gasteiger partial charge in [-0.3, -0.25) is 9.59 Å². The van der Waals surface area contributed by atoms with E-state index in [1.807, 2.05) is 25.1 Å². The first-order valence-corrected chi connectivity index (χ1v) is 9.23. The van der Waals surface area contributed by atoms with Crippen LogP contribution >= 0.6 is 0 Å². The van der Waals surface area contributed by atoms with Crippen molar-refractivity contribution in [3.05, 3.63) is 101 Å². The summed E-state index contributed by atoms with van der Waals surface area (Å²) in [5, 5.41) is 2.71. The molecule has 0 bridgehead atoms. The molecule has 0 spiro atoms. The Balaban J connectivity index is 1.73. The maximum Gasteiger partial charge on any atom is 0.339 e. The summed E-state index contributed by atoms with van der Waals surface area (Å²) in [4.78, 5) is 37.8. The van der Waals surface area contributed by atoms with E-state index in [1.54, 1.807) is 54.6 Å². The van der Waals surface area contributed by atoms with Crippen LogP contribution in [-0.2, 0) is 9.53 Å². The number of ether oxygens (including phenoxy) is 1. The lowest BCUT2D eigenvalue weighted by Crippen LogP contribution is -2.30. The summed E-state index contributed by atoms with van der Waals surface area (Å²) >= 11 is 0. The first-order chi connectivity index (χ1) is 14.0. The summed E-state index contributed by atoms with van der Waals surface area (Å²) < 4.78 is 5.32. The second-order valence-electron chi connectivity index (χ2n) is 6.64. The lowest BCUT2D eigenvalue weighted by atomic mass is 9.98. The lowest BCUT2D eigenvalue weighted by molar-refractivity contribution is -0.123. The molecule has 0 heterocycles. The van der Waals surface area contributed by atoms with Crippen molar-refractivity contribution in [3.63, 3.8) is 0 Å². The molecule has 0 radical (unpaired) electrons. The van der Waals surface area contributed by atoms with Crippen molar-refractivity contribution in [3.8, 4) is 0 Å². The minimum Gasteiger partial charge on any atom is -0.449 e. The largest absolute Gasteiger partial charge is 0.449 e. The fourth-order valence-electron chi connectivity index (χ4n) is 2.76. The van der Waals surface area contributed by atoms with Gasteiger partial charge in [0.15, 0.2) is 11.9 Å². The van der Waals surface area contributed by atoms with Crippen LogP contribution in [0.5, 0.6) is 0 Å². The molecule has 29 heavy (non-hydrogen) atoms. The molecule has 0 aliphatic heterocycles. The van der Waals surface area contributed by atoms with Crippen molar-refractivity contribution in [2.75, 3.05) is 5.32 Å². The standard InChI is InChI=1S/C24H21NO4/c1-16-12-14-19(15-13-16)25-23(27)17(2)29-24(28)21-11-7-6-10-20(21)22(26)18-8-4-3-5-9-18/h3-15,17H,1-2H3,(H,25,27)/t17-/m1/s1. The van der Waals surface area contributed by atoms with Crippen LogP contribution in [-0.4, -0.2) is 23.8 Å². The fourth-order valence-corrected chi connectivity index (χ4v) is 2.76. The predicted molar refractivity (Wildman–Crippen MR) is 111 cm³/mol. The second-order valence-corrected chi connectivity index (χ2v) is 6.64. The zero-order chi connectivity index (χ0) is 20.8. The van der Waals surface area contributed by atoms with Gasteiger partial charge in [0.1, 0.15) is 0 Å². The topological polar surface area (TPSA) is 72.5 Å². The highest BCUT2D eigenvalue weighted by Crippen LogP contribution is 2.17. The van der Waals surface area contributed by atoms with E-state index in [9.17, 15) is 14.4 Å². The first kappa shape index (κ1) is 20.0. The molecule has 1 amide bonds. The quantitative estimate of drug-likeness (QED) is 0.502. The number of aryl methyl sites for hydroxylation is 1. The third-order valence-electron chi connectivity index (χ3n) is 4.40. The summed E-state index contributed by atoms with van der Waals surface area (Å²) in [6.07, 6.45) is -1.02. The maximum atomic E-state index is 12.8. The number of esters is 1. The third kappa shape index (κ3) is 4.96. The molecule has 0 fully saturated rings. The zero-order valence-electron chi connectivity index (χ0n) is 16.2. The Morgan fingerprint density at radius 2 is 1.38 bits per heavy atom. The van der Waals surface area contributed by atoms with Gasteiger partial charge in [0.05, 0.1) is 5.56 Å². The van der Waals surface area contributed by atoms with E-state index in [2.05, 4.69) is 5.32 Å². The van der Waals surface area contributed by atoms with Gasteiger partial charge in [-0.1, -0.05) is 66.2 Å². The highest BCUT2D eigenvalue weighted by molar-refractivity contribution is 6.14. The summed E-state index contributed by atoms with van der Waals surface area (Å²) in [5.41, 5.74) is 2.51. The van der Waals surface area contributed by atoms with Gasteiger partial charge in [-0.15, -0.1) is 0 Å². The van der Waals surface area contributed by atoms with Crippen LogP contribution < -0.4 is 5.32 Å². The van der Waals surface area contributed by atoms with E-state index in [0.717, 1.165) is 5.56 Å². The average molecular weight is 387 g/mol. The molecule has 3 rings (SSSR count). The zero-order valence-corrected chi connectivity index (χ0v) is 16.2. The van der Waals surface area contributed by atoms with Gasteiger partial charge in [-0.25, -0.2) is 4.79 Å². The van der Waals surface area contributed by atoms with Gasteiger partial charge >= 0.3 is 5.97 Å². The van der Waals surface area contributed by atoms with Crippen molar-refractivity contribution in [1.29, 1.82) is 0 Å². The number of carbonyl (C=O) groups is 3. The average Bonchev–Trinajstić information content (AvgIpc) is 2.75. The molecule has 146 valence electrons. The Labute approximate surface area is 169 Å². The summed E-state index contributed by atoms with van der Waals surface area (Å²) in [6, 6.07) is 22.4. The Hall–Kier alpha value is -3.73. The van der Waals surface area contributed by atoms with Crippen molar-refractivity contribution in [1.82, 2.24) is 0 Å². The van der Waals surface area contributed by atoms with Crippen molar-refractivity contribution in [2.45, 2.75) is 20.0 Å². The molecular formula is C24H21NO4. The van der Waals surface area contributed by atoms with Crippen LogP contribution in [0.3, 0.4) is 0 Å². The van der Waals surface area contributed by atoms with Gasteiger partial charge in [0, 0.05) is 16.8 Å². The van der Waals surface area contributed by atoms with Gasteiger partial charge in [0.2, 0.25) is 0 Å². The number of rotatable bonds is 6. The minimum atomic E-state index is -1.02. The third-order valence-corrected chi connectivity index (χ3v) is 4.40. The molecule has 3 aromatic carbocycles. The molecule has 0 saturated heterocycles. The molecule has 0 aliphatic rings. The Kier molecular flexibility index (Phi) is 6.19. The Morgan fingerprint density at radius 3 is 2.03 bits per heavy atom. The molecule has 5 heteroatoms. The number of hydrogen-bond donors (Lipinski definition) is 1. The van der Waals surface area contributed by atoms with Crippen LogP contribution in [0.25, 0.3) is 0 Å². The van der Waals surface area contributed by atoms with Crippen molar-refractivity contribution in [2.24, 2.45) is 0 Å². The normalized spacial score (nSPS) is 11.4. The van der Waals surface area contributed by atoms with Crippen molar-refractivity contribution >= 4 is 23.3 Å². The van der Waals surface area contributed by atoms with Gasteiger partial charge in [-0.2, -0.15) is 0 Å². The minimum absolute atomic E-state index is 0.122. The SMILES string of the molecule is Cc1ccc(NC(=O)[C@@H](C)OC(=O)c2ccccc2C(=O)c2ccccc2)cc1. The van der Waals surface area contributed by atoms with E-state index in [0.29, 0.717) is 11.3 Å². The summed E-state index contributed by atoms with van der Waals surface area (Å²) in [5.74, 6) is -1.46. The number of anilines is 1. The monoisotopic (exact) mass is 387 g/mol. The molecule has 1 N–H and O–H groups in total. The van der Waals surface area contributed by atoms with Gasteiger partial charge in [0.25, 0.3) is 5.91 Å². The van der Waals surface area contributed by atoms with Crippen molar-refractivity contribution < 1.29 is 19.1 Å². The van der Waals surface area contributed by atoms with Crippen LogP contribution in [0.15, 0.2) is 78.9 Å². The Morgan fingerprint density at radius 1 is 0.793 bits per heavy atom. The predicted octanol–water partition coefficient (Wildman–Crippen LogP) is 4.41. The molecule has 0 aliphatic carbocycles. The molecule has 5 nitrogen and oxygen atoms in total. The van der Waals surface area contributed by atoms with Crippen LogP contribution in [0.4, 0.5) is 5.69 Å². The van der Waals surface area contributed by atoms with Crippen LogP contribution in [0, 0.1) is 6.92 Å². The highest BCUT2D eigenvalue weighted by atomic mass is 16.5. The molecule has 3 aromatic rings. The van der Waals surface area contributed by atoms with E-state index in [4.69, 9.17) is 4.74 Å². The van der Waals surface area contributed by atoms with E-state index in [1.165, 1.54) is 13.0 Å². The number of benzene rings is 3. The number of nitrogens with one attached hydrogen (secondary N) is 1. The molecule has 0 unspecified atom stereocenters. The molecule has 0 aromatic heterocycles. The van der Waals surface area contributed by atoms with E-state index >= 15 is 0 Å². The summed E-state index contributed by atoms with van der Waals surface area (Å²) in [7, 11) is 0. The molecule has 1 atom stereocenters. The Bertz CT molecular complexity index is 1030. The highest BCUT2D eigenvalue weighted by Gasteiger charge is 2.23.